The molecular formula is C38H36BO3P. The Labute approximate surface area is 254 Å². The van der Waals surface area contributed by atoms with E-state index in [4.69, 9.17) is 9.31 Å². The molecule has 214 valence electrons. The minimum atomic E-state index is -2.93. The van der Waals surface area contributed by atoms with Crippen molar-refractivity contribution in [2.75, 3.05) is 0 Å². The smallest absolute Gasteiger partial charge is 0.399 e. The summed E-state index contributed by atoms with van der Waals surface area (Å²) >= 11 is 0. The third kappa shape index (κ3) is 4.56. The van der Waals surface area contributed by atoms with E-state index in [-0.39, 0.29) is 5.66 Å². The Hall–Kier alpha value is -3.69. The summed E-state index contributed by atoms with van der Waals surface area (Å²) < 4.78 is 28.2. The minimum Gasteiger partial charge on any atom is -0.399 e. The Morgan fingerprint density at radius 1 is 0.651 bits per heavy atom. The molecule has 43 heavy (non-hydrogen) atoms. The van der Waals surface area contributed by atoms with Crippen molar-refractivity contribution < 1.29 is 13.9 Å². The quantitative estimate of drug-likeness (QED) is 0.120. The van der Waals surface area contributed by atoms with Crippen LogP contribution in [0.1, 0.15) is 39.7 Å². The maximum absolute atomic E-state index is 15.0. The van der Waals surface area contributed by atoms with Gasteiger partial charge in [-0.1, -0.05) is 127 Å². The monoisotopic (exact) mass is 582 g/mol. The van der Waals surface area contributed by atoms with Crippen molar-refractivity contribution in [1.29, 1.82) is 0 Å². The van der Waals surface area contributed by atoms with Crippen molar-refractivity contribution in [3.8, 4) is 0 Å². The summed E-state index contributed by atoms with van der Waals surface area (Å²) in [5.74, 6) is 0. The minimum absolute atomic E-state index is 0.123. The molecule has 0 radical (unpaired) electrons. The molecule has 0 aromatic heterocycles. The lowest BCUT2D eigenvalue weighted by molar-refractivity contribution is 0.00578. The van der Waals surface area contributed by atoms with Crippen molar-refractivity contribution in [1.82, 2.24) is 0 Å². The number of hydrogen-bond donors (Lipinski definition) is 0. The van der Waals surface area contributed by atoms with Crippen LogP contribution in [0.4, 0.5) is 0 Å². The molecule has 7 rings (SSSR count). The summed E-state index contributed by atoms with van der Waals surface area (Å²) in [6, 6.07) is 37.1. The third-order valence-corrected chi connectivity index (χ3v) is 13.0. The molecule has 1 unspecified atom stereocenters. The third-order valence-electron chi connectivity index (χ3n) is 9.57. The molecule has 0 spiro atoms. The molecule has 1 heterocycles. The van der Waals surface area contributed by atoms with E-state index in [2.05, 4.69) is 94.5 Å². The highest BCUT2D eigenvalue weighted by molar-refractivity contribution is 7.79. The van der Waals surface area contributed by atoms with Gasteiger partial charge in [-0.25, -0.2) is 0 Å². The van der Waals surface area contributed by atoms with Crippen LogP contribution in [0.5, 0.6) is 0 Å². The average molecular weight is 582 g/mol. The van der Waals surface area contributed by atoms with Crippen LogP contribution >= 0.6 is 7.14 Å². The van der Waals surface area contributed by atoms with Gasteiger partial charge in [-0.05, 0) is 72.3 Å². The first-order chi connectivity index (χ1) is 20.7. The highest BCUT2D eigenvalue weighted by atomic mass is 31.2. The van der Waals surface area contributed by atoms with Gasteiger partial charge < -0.3 is 13.9 Å². The average Bonchev–Trinajstić information content (AvgIpc) is 3.25. The molecule has 0 bridgehead atoms. The summed E-state index contributed by atoms with van der Waals surface area (Å²) in [6.07, 6.45) is 7.34. The predicted molar refractivity (Wildman–Crippen MR) is 182 cm³/mol. The molecule has 1 aliphatic carbocycles. The van der Waals surface area contributed by atoms with Crippen molar-refractivity contribution in [3.05, 3.63) is 133 Å². The van der Waals surface area contributed by atoms with Gasteiger partial charge in [0, 0.05) is 16.3 Å². The van der Waals surface area contributed by atoms with E-state index >= 15 is 4.57 Å². The van der Waals surface area contributed by atoms with Crippen molar-refractivity contribution in [2.45, 2.75) is 51.0 Å². The van der Waals surface area contributed by atoms with Crippen LogP contribution in [-0.2, 0) is 13.9 Å². The van der Waals surface area contributed by atoms with E-state index in [1.54, 1.807) is 0 Å². The van der Waals surface area contributed by atoms with Crippen molar-refractivity contribution in [2.24, 2.45) is 0 Å². The standard InChI is InChI=1S/C38H36BO3P/c1-37(2)38(3,4)42-39(41-37)36-33-21-13-11-19-31(33)35(32-20-12-14-22-34(32)36)27-23-25-30(26-24-27)43(40,28-15-7-5-8-16-28)29-17-9-6-10-18-29/h5-25,30H,26H2,1-4H3. The predicted octanol–water partition coefficient (Wildman–Crippen LogP) is 8.02. The highest BCUT2D eigenvalue weighted by Crippen LogP contribution is 2.52. The molecule has 1 fully saturated rings. The molecule has 0 amide bonds. The van der Waals surface area contributed by atoms with E-state index in [9.17, 15) is 0 Å². The first-order valence-corrected chi connectivity index (χ1v) is 16.9. The maximum Gasteiger partial charge on any atom is 0.496 e. The van der Waals surface area contributed by atoms with Crippen LogP contribution in [-0.4, -0.2) is 24.0 Å². The molecule has 1 atom stereocenters. The van der Waals surface area contributed by atoms with Gasteiger partial charge >= 0.3 is 7.12 Å². The van der Waals surface area contributed by atoms with Crippen molar-refractivity contribution >= 4 is 57.5 Å². The number of benzene rings is 5. The van der Waals surface area contributed by atoms with Gasteiger partial charge in [0.2, 0.25) is 0 Å². The molecule has 5 aromatic rings. The lowest BCUT2D eigenvalue weighted by atomic mass is 9.71. The van der Waals surface area contributed by atoms with Crippen LogP contribution in [0.2, 0.25) is 0 Å². The molecule has 5 heteroatoms. The molecular weight excluding hydrogens is 546 g/mol. The van der Waals surface area contributed by atoms with Gasteiger partial charge in [0.25, 0.3) is 0 Å². The van der Waals surface area contributed by atoms with E-state index in [1.165, 1.54) is 5.56 Å². The molecule has 1 saturated heterocycles. The topological polar surface area (TPSA) is 35.5 Å². The lowest BCUT2D eigenvalue weighted by Gasteiger charge is -2.32. The van der Waals surface area contributed by atoms with Crippen LogP contribution in [0.3, 0.4) is 0 Å². The van der Waals surface area contributed by atoms with Crippen LogP contribution in [0.25, 0.3) is 27.1 Å². The highest BCUT2D eigenvalue weighted by Gasteiger charge is 2.52. The summed E-state index contributed by atoms with van der Waals surface area (Å²) in [5, 5.41) is 6.38. The summed E-state index contributed by atoms with van der Waals surface area (Å²) in [7, 11) is -3.40. The van der Waals surface area contributed by atoms with Crippen LogP contribution < -0.4 is 16.1 Å². The normalized spacial score (nSPS) is 19.6. The van der Waals surface area contributed by atoms with Gasteiger partial charge in [0.05, 0.1) is 11.2 Å². The van der Waals surface area contributed by atoms with E-state index in [1.807, 2.05) is 60.7 Å². The Morgan fingerprint density at radius 2 is 1.09 bits per heavy atom. The molecule has 5 aromatic carbocycles. The summed E-state index contributed by atoms with van der Waals surface area (Å²) in [6.45, 7) is 8.40. The zero-order valence-electron chi connectivity index (χ0n) is 25.2. The fourth-order valence-corrected chi connectivity index (χ4v) is 9.61. The Balaban J connectivity index is 1.36. The Morgan fingerprint density at radius 3 is 1.53 bits per heavy atom. The fourth-order valence-electron chi connectivity index (χ4n) is 6.58. The van der Waals surface area contributed by atoms with Gasteiger partial charge in [0.15, 0.2) is 0 Å². The molecule has 0 saturated carbocycles. The van der Waals surface area contributed by atoms with Gasteiger partial charge in [-0.15, -0.1) is 0 Å². The Kier molecular flexibility index (Phi) is 6.86. The number of hydrogen-bond acceptors (Lipinski definition) is 3. The number of allylic oxidation sites excluding steroid dienone is 4. The lowest BCUT2D eigenvalue weighted by Crippen LogP contribution is -2.41. The zero-order chi connectivity index (χ0) is 29.8. The summed E-state index contributed by atoms with van der Waals surface area (Å²) in [4.78, 5) is 0. The summed E-state index contributed by atoms with van der Waals surface area (Å²) in [5.41, 5.74) is 2.42. The van der Waals surface area contributed by atoms with Crippen LogP contribution in [0.15, 0.2) is 127 Å². The number of fused-ring (bicyclic) bond motifs is 2. The molecule has 1 aliphatic heterocycles. The van der Waals surface area contributed by atoms with E-state index in [0.717, 1.165) is 43.2 Å². The van der Waals surface area contributed by atoms with Gasteiger partial charge in [0.1, 0.15) is 7.14 Å². The second-order valence-electron chi connectivity index (χ2n) is 12.6. The Bertz CT molecular complexity index is 1830. The second kappa shape index (κ2) is 10.5. The fraction of sp³-hybridized carbons (Fsp3) is 0.211. The van der Waals surface area contributed by atoms with Crippen LogP contribution in [0, 0.1) is 0 Å². The molecule has 3 nitrogen and oxygen atoms in total. The largest absolute Gasteiger partial charge is 0.496 e. The first kappa shape index (κ1) is 28.1. The van der Waals surface area contributed by atoms with Gasteiger partial charge in [-0.2, -0.15) is 0 Å². The maximum atomic E-state index is 15.0. The van der Waals surface area contributed by atoms with Crippen molar-refractivity contribution in [3.63, 3.8) is 0 Å². The zero-order valence-corrected chi connectivity index (χ0v) is 26.1. The SMILES string of the molecule is CC1(C)OB(c2c3ccccc3c(C3=CCC(P(=O)(c4ccccc4)c4ccccc4)C=C3)c3ccccc23)OC1(C)C. The van der Waals surface area contributed by atoms with E-state index < -0.39 is 25.5 Å². The number of rotatable bonds is 5. The molecule has 2 aliphatic rings. The van der Waals surface area contributed by atoms with Gasteiger partial charge in [-0.3, -0.25) is 0 Å². The second-order valence-corrected chi connectivity index (χ2v) is 15.6. The first-order valence-electron chi connectivity index (χ1n) is 15.1. The molecule has 0 N–H and O–H groups in total. The van der Waals surface area contributed by atoms with E-state index in [0.29, 0.717) is 6.42 Å².